The molecule has 0 amide bonds. The summed E-state index contributed by atoms with van der Waals surface area (Å²) in [5.74, 6) is 0.741. The largest absolute Gasteiger partial charge is 0.339 e. The van der Waals surface area contributed by atoms with Crippen LogP contribution in [-0.4, -0.2) is 23.2 Å². The summed E-state index contributed by atoms with van der Waals surface area (Å²) in [6.07, 6.45) is 3.49. The Morgan fingerprint density at radius 1 is 1.12 bits per heavy atom. The summed E-state index contributed by atoms with van der Waals surface area (Å²) in [6.45, 7) is 1.97. The molecule has 1 aromatic heterocycles. The highest BCUT2D eigenvalue weighted by Gasteiger charge is 2.40. The third-order valence-corrected chi connectivity index (χ3v) is 3.55. The Hall–Kier alpha value is -1.68. The predicted octanol–water partition coefficient (Wildman–Crippen LogP) is 1.74. The maximum atomic E-state index is 5.34. The van der Waals surface area contributed by atoms with Gasteiger partial charge in [0.2, 0.25) is 5.89 Å². The van der Waals surface area contributed by atoms with Crippen LogP contribution < -0.4 is 5.32 Å². The molecule has 88 valence electrons. The molecule has 17 heavy (non-hydrogen) atoms. The van der Waals surface area contributed by atoms with E-state index in [1.807, 2.05) is 6.07 Å². The fourth-order valence-corrected chi connectivity index (χ4v) is 2.62. The molecule has 1 aromatic carbocycles. The lowest BCUT2D eigenvalue weighted by molar-refractivity contribution is 0.259. The highest BCUT2D eigenvalue weighted by atomic mass is 16.5. The first-order valence-electron chi connectivity index (χ1n) is 5.95. The first-order valence-corrected chi connectivity index (χ1v) is 5.95. The van der Waals surface area contributed by atoms with E-state index >= 15 is 0 Å². The van der Waals surface area contributed by atoms with E-state index in [0.29, 0.717) is 0 Å². The SMILES string of the molecule is c1ccc(C2(c3ncno3)CCNCC2)cc1. The van der Waals surface area contributed by atoms with Crippen LogP contribution in [0.3, 0.4) is 0 Å². The molecule has 0 aliphatic carbocycles. The van der Waals surface area contributed by atoms with E-state index in [-0.39, 0.29) is 5.41 Å². The van der Waals surface area contributed by atoms with Gasteiger partial charge in [-0.2, -0.15) is 4.98 Å². The molecule has 1 aliphatic heterocycles. The van der Waals surface area contributed by atoms with Gasteiger partial charge in [-0.15, -0.1) is 0 Å². The zero-order valence-corrected chi connectivity index (χ0v) is 9.60. The summed E-state index contributed by atoms with van der Waals surface area (Å²) in [5, 5.41) is 7.14. The summed E-state index contributed by atoms with van der Waals surface area (Å²) in [7, 11) is 0. The summed E-state index contributed by atoms with van der Waals surface area (Å²) in [5.41, 5.74) is 1.16. The topological polar surface area (TPSA) is 51.0 Å². The minimum atomic E-state index is -0.108. The van der Waals surface area contributed by atoms with Crippen LogP contribution in [0.2, 0.25) is 0 Å². The molecule has 2 aromatic rings. The van der Waals surface area contributed by atoms with Gasteiger partial charge in [-0.1, -0.05) is 35.5 Å². The van der Waals surface area contributed by atoms with Crippen molar-refractivity contribution >= 4 is 0 Å². The van der Waals surface area contributed by atoms with Gasteiger partial charge in [-0.25, -0.2) is 0 Å². The van der Waals surface area contributed by atoms with E-state index in [0.717, 1.165) is 31.8 Å². The van der Waals surface area contributed by atoms with Crippen molar-refractivity contribution in [1.29, 1.82) is 0 Å². The molecule has 1 fully saturated rings. The Kier molecular flexibility index (Phi) is 2.65. The minimum Gasteiger partial charge on any atom is -0.339 e. The first-order chi connectivity index (χ1) is 8.42. The molecule has 1 aliphatic rings. The molecule has 0 radical (unpaired) electrons. The van der Waals surface area contributed by atoms with Crippen LogP contribution in [0.25, 0.3) is 0 Å². The van der Waals surface area contributed by atoms with E-state index in [4.69, 9.17) is 4.52 Å². The maximum Gasteiger partial charge on any atom is 0.237 e. The van der Waals surface area contributed by atoms with Crippen molar-refractivity contribution in [1.82, 2.24) is 15.5 Å². The molecule has 0 atom stereocenters. The van der Waals surface area contributed by atoms with Crippen molar-refractivity contribution in [2.45, 2.75) is 18.3 Å². The second kappa shape index (κ2) is 4.30. The highest BCUT2D eigenvalue weighted by Crippen LogP contribution is 2.38. The number of nitrogens with one attached hydrogen (secondary N) is 1. The van der Waals surface area contributed by atoms with Crippen LogP contribution in [0.5, 0.6) is 0 Å². The number of nitrogens with zero attached hydrogens (tertiary/aromatic N) is 2. The number of hydrogen-bond acceptors (Lipinski definition) is 4. The smallest absolute Gasteiger partial charge is 0.237 e. The van der Waals surface area contributed by atoms with E-state index < -0.39 is 0 Å². The van der Waals surface area contributed by atoms with Crippen LogP contribution in [0.15, 0.2) is 41.2 Å². The summed E-state index contributed by atoms with van der Waals surface area (Å²) >= 11 is 0. The molecule has 0 spiro atoms. The third-order valence-electron chi connectivity index (χ3n) is 3.55. The van der Waals surface area contributed by atoms with Crippen molar-refractivity contribution in [3.63, 3.8) is 0 Å². The molecule has 2 heterocycles. The van der Waals surface area contributed by atoms with Gasteiger partial charge in [-0.3, -0.25) is 0 Å². The Morgan fingerprint density at radius 3 is 2.53 bits per heavy atom. The molecular formula is C13H15N3O. The molecule has 0 bridgehead atoms. The lowest BCUT2D eigenvalue weighted by atomic mass is 9.73. The van der Waals surface area contributed by atoms with E-state index in [9.17, 15) is 0 Å². The van der Waals surface area contributed by atoms with Gasteiger partial charge in [-0.05, 0) is 31.5 Å². The van der Waals surface area contributed by atoms with Gasteiger partial charge in [0.15, 0.2) is 6.33 Å². The molecular weight excluding hydrogens is 214 g/mol. The molecule has 0 unspecified atom stereocenters. The summed E-state index contributed by atoms with van der Waals surface area (Å²) < 4.78 is 5.34. The molecule has 3 rings (SSSR count). The Balaban J connectivity index is 2.08. The van der Waals surface area contributed by atoms with E-state index in [2.05, 4.69) is 39.7 Å². The van der Waals surface area contributed by atoms with Crippen molar-refractivity contribution < 1.29 is 4.52 Å². The monoisotopic (exact) mass is 229 g/mol. The van der Waals surface area contributed by atoms with Gasteiger partial charge in [0.05, 0.1) is 5.41 Å². The number of hydrogen-bond donors (Lipinski definition) is 1. The average molecular weight is 229 g/mol. The number of rotatable bonds is 2. The Bertz CT molecular complexity index is 461. The lowest BCUT2D eigenvalue weighted by Gasteiger charge is -2.34. The number of aromatic nitrogens is 2. The molecule has 4 heteroatoms. The first kappa shape index (κ1) is 10.5. The minimum absolute atomic E-state index is 0.108. The van der Waals surface area contributed by atoms with Crippen molar-refractivity contribution in [2.75, 3.05) is 13.1 Å². The third kappa shape index (κ3) is 1.74. The average Bonchev–Trinajstić information content (AvgIpc) is 2.95. The molecule has 4 nitrogen and oxygen atoms in total. The Labute approximate surface area is 100 Å². The van der Waals surface area contributed by atoms with Gasteiger partial charge < -0.3 is 9.84 Å². The van der Waals surface area contributed by atoms with Gasteiger partial charge in [0.25, 0.3) is 0 Å². The van der Waals surface area contributed by atoms with Crippen LogP contribution in [0.1, 0.15) is 24.3 Å². The second-order valence-electron chi connectivity index (χ2n) is 4.44. The fraction of sp³-hybridized carbons (Fsp3) is 0.385. The van der Waals surface area contributed by atoms with E-state index in [1.54, 1.807) is 0 Å². The molecule has 0 saturated carbocycles. The van der Waals surface area contributed by atoms with Crippen LogP contribution >= 0.6 is 0 Å². The van der Waals surface area contributed by atoms with Gasteiger partial charge >= 0.3 is 0 Å². The van der Waals surface area contributed by atoms with Gasteiger partial charge in [0.1, 0.15) is 0 Å². The Morgan fingerprint density at radius 2 is 1.88 bits per heavy atom. The quantitative estimate of drug-likeness (QED) is 0.852. The standard InChI is InChI=1S/C13H15N3O/c1-2-4-11(5-3-1)13(6-8-14-9-7-13)12-15-10-16-17-12/h1-5,10,14H,6-9H2. The zero-order valence-electron chi connectivity index (χ0n) is 9.60. The van der Waals surface area contributed by atoms with Crippen LogP contribution in [0.4, 0.5) is 0 Å². The van der Waals surface area contributed by atoms with E-state index in [1.165, 1.54) is 11.9 Å². The molecule has 1 saturated heterocycles. The molecule has 1 N–H and O–H groups in total. The van der Waals surface area contributed by atoms with Gasteiger partial charge in [0, 0.05) is 0 Å². The zero-order chi connectivity index (χ0) is 11.6. The summed E-state index contributed by atoms with van der Waals surface area (Å²) in [4.78, 5) is 4.28. The fourth-order valence-electron chi connectivity index (χ4n) is 2.62. The maximum absolute atomic E-state index is 5.34. The normalized spacial score (nSPS) is 19.1. The second-order valence-corrected chi connectivity index (χ2v) is 4.44. The lowest BCUT2D eigenvalue weighted by Crippen LogP contribution is -2.41. The number of piperidine rings is 1. The summed E-state index contributed by atoms with van der Waals surface area (Å²) in [6, 6.07) is 10.5. The van der Waals surface area contributed by atoms with Crippen LogP contribution in [0, 0.1) is 0 Å². The highest BCUT2D eigenvalue weighted by molar-refractivity contribution is 5.32. The van der Waals surface area contributed by atoms with Crippen molar-refractivity contribution in [2.24, 2.45) is 0 Å². The van der Waals surface area contributed by atoms with Crippen LogP contribution in [-0.2, 0) is 5.41 Å². The van der Waals surface area contributed by atoms with Crippen molar-refractivity contribution in [3.05, 3.63) is 48.1 Å². The van der Waals surface area contributed by atoms with Crippen molar-refractivity contribution in [3.8, 4) is 0 Å². The predicted molar refractivity (Wildman–Crippen MR) is 63.6 cm³/mol. The number of benzene rings is 1.